The molecule has 1 atom stereocenters. The number of nitrogens with zero attached hydrogens (tertiary/aromatic N) is 1. The Labute approximate surface area is 249 Å². The highest BCUT2D eigenvalue weighted by atomic mass is 19.4. The number of rotatable bonds is 6. The van der Waals surface area contributed by atoms with Crippen molar-refractivity contribution in [2.45, 2.75) is 88.1 Å². The SMILES string of the molecule is CC(C(=O)NC1(c2ccccc2)CCC(C2CCN(C3CCOCC3)CC2)CC1)c1cc(C(F)(F)F)cc(C(F)(F)F)c1. The third kappa shape index (κ3) is 7.39. The fourth-order valence-electron chi connectivity index (χ4n) is 7.38. The third-order valence-electron chi connectivity index (χ3n) is 10.0. The molecule has 3 aliphatic rings. The normalized spacial score (nSPS) is 25.8. The van der Waals surface area contributed by atoms with Gasteiger partial charge in [-0.2, -0.15) is 26.3 Å². The zero-order valence-electron chi connectivity index (χ0n) is 24.4. The summed E-state index contributed by atoms with van der Waals surface area (Å²) < 4.78 is 86.4. The van der Waals surface area contributed by atoms with Crippen LogP contribution in [0.25, 0.3) is 0 Å². The Morgan fingerprint density at radius 2 is 1.37 bits per heavy atom. The fourth-order valence-corrected chi connectivity index (χ4v) is 7.38. The molecule has 43 heavy (non-hydrogen) atoms. The number of ether oxygens (including phenoxy) is 1. The molecule has 0 bridgehead atoms. The minimum absolute atomic E-state index is 0.0922. The Morgan fingerprint density at radius 1 is 0.837 bits per heavy atom. The molecule has 1 aliphatic carbocycles. The van der Waals surface area contributed by atoms with Crippen molar-refractivity contribution in [2.24, 2.45) is 11.8 Å². The number of hydrogen-bond donors (Lipinski definition) is 1. The fraction of sp³-hybridized carbons (Fsp3) is 0.606. The first kappa shape index (κ1) is 31.8. The minimum Gasteiger partial charge on any atom is -0.381 e. The average Bonchev–Trinajstić information content (AvgIpc) is 3.01. The number of carbonyl (C=O) groups is 1. The third-order valence-corrected chi connectivity index (χ3v) is 10.0. The highest BCUT2D eigenvalue weighted by molar-refractivity contribution is 5.84. The maximum absolute atomic E-state index is 13.6. The number of benzene rings is 2. The Kier molecular flexibility index (Phi) is 9.47. The Balaban J connectivity index is 1.30. The van der Waals surface area contributed by atoms with Crippen LogP contribution in [0.1, 0.15) is 86.5 Å². The zero-order chi connectivity index (χ0) is 30.8. The first-order valence-corrected chi connectivity index (χ1v) is 15.3. The van der Waals surface area contributed by atoms with E-state index < -0.39 is 40.8 Å². The molecule has 2 aromatic carbocycles. The molecule has 0 spiro atoms. The average molecular weight is 611 g/mol. The lowest BCUT2D eigenvalue weighted by molar-refractivity contribution is -0.143. The van der Waals surface area contributed by atoms with Crippen molar-refractivity contribution in [3.05, 3.63) is 70.8 Å². The van der Waals surface area contributed by atoms with E-state index in [1.807, 2.05) is 30.3 Å². The van der Waals surface area contributed by atoms with Gasteiger partial charge in [-0.05, 0) is 113 Å². The number of alkyl halides is 6. The van der Waals surface area contributed by atoms with E-state index in [-0.39, 0.29) is 11.6 Å². The first-order chi connectivity index (χ1) is 20.4. The number of amides is 1. The first-order valence-electron chi connectivity index (χ1n) is 15.3. The van der Waals surface area contributed by atoms with Gasteiger partial charge in [-0.25, -0.2) is 0 Å². The summed E-state index contributed by atoms with van der Waals surface area (Å²) in [5.41, 5.74) is -2.98. The Morgan fingerprint density at radius 3 is 1.91 bits per heavy atom. The van der Waals surface area contributed by atoms with Crippen LogP contribution in [0.4, 0.5) is 26.3 Å². The highest BCUT2D eigenvalue weighted by Crippen LogP contribution is 2.45. The van der Waals surface area contributed by atoms with Crippen LogP contribution < -0.4 is 5.32 Å². The second-order valence-electron chi connectivity index (χ2n) is 12.6. The number of halogens is 6. The van der Waals surface area contributed by atoms with Gasteiger partial charge in [0.25, 0.3) is 0 Å². The van der Waals surface area contributed by atoms with Gasteiger partial charge in [-0.1, -0.05) is 30.3 Å². The molecule has 2 aromatic rings. The number of hydrogen-bond acceptors (Lipinski definition) is 3. The lowest BCUT2D eigenvalue weighted by Crippen LogP contribution is -2.50. The Bertz CT molecular complexity index is 1190. The van der Waals surface area contributed by atoms with Gasteiger partial charge in [0.05, 0.1) is 22.6 Å². The van der Waals surface area contributed by atoms with Crippen LogP contribution in [0.3, 0.4) is 0 Å². The van der Waals surface area contributed by atoms with E-state index in [4.69, 9.17) is 4.74 Å². The molecule has 1 unspecified atom stereocenters. The molecular formula is C33H40F6N2O2. The van der Waals surface area contributed by atoms with Crippen molar-refractivity contribution in [3.8, 4) is 0 Å². The van der Waals surface area contributed by atoms with Crippen molar-refractivity contribution in [2.75, 3.05) is 26.3 Å². The van der Waals surface area contributed by atoms with Crippen molar-refractivity contribution in [1.29, 1.82) is 0 Å². The van der Waals surface area contributed by atoms with Gasteiger partial charge in [0, 0.05) is 19.3 Å². The second-order valence-corrected chi connectivity index (χ2v) is 12.6. The molecule has 2 heterocycles. The maximum Gasteiger partial charge on any atom is 0.416 e. The summed E-state index contributed by atoms with van der Waals surface area (Å²) in [4.78, 5) is 16.2. The molecule has 10 heteroatoms. The van der Waals surface area contributed by atoms with Gasteiger partial charge in [-0.15, -0.1) is 0 Å². The maximum atomic E-state index is 13.6. The van der Waals surface area contributed by atoms with Crippen molar-refractivity contribution < 1.29 is 35.9 Å². The van der Waals surface area contributed by atoms with Crippen LogP contribution >= 0.6 is 0 Å². The lowest BCUT2D eigenvalue weighted by Gasteiger charge is -2.46. The van der Waals surface area contributed by atoms with Crippen molar-refractivity contribution in [3.63, 3.8) is 0 Å². The minimum atomic E-state index is -4.98. The molecule has 2 aliphatic heterocycles. The van der Waals surface area contributed by atoms with Crippen LogP contribution in [-0.4, -0.2) is 43.2 Å². The zero-order valence-corrected chi connectivity index (χ0v) is 24.4. The summed E-state index contributed by atoms with van der Waals surface area (Å²) in [6.45, 7) is 5.19. The molecule has 3 fully saturated rings. The predicted molar refractivity (Wildman–Crippen MR) is 151 cm³/mol. The van der Waals surface area contributed by atoms with Gasteiger partial charge < -0.3 is 15.0 Å². The van der Waals surface area contributed by atoms with Gasteiger partial charge in [-0.3, -0.25) is 4.79 Å². The molecule has 2 saturated heterocycles. The Hall–Kier alpha value is -2.59. The van der Waals surface area contributed by atoms with E-state index in [1.54, 1.807) is 0 Å². The van der Waals surface area contributed by atoms with Crippen LogP contribution in [0.5, 0.6) is 0 Å². The molecule has 4 nitrogen and oxygen atoms in total. The van der Waals surface area contributed by atoms with Crippen LogP contribution in [-0.2, 0) is 27.4 Å². The van der Waals surface area contributed by atoms with Gasteiger partial charge >= 0.3 is 12.4 Å². The molecule has 1 N–H and O–H groups in total. The van der Waals surface area contributed by atoms with Crippen molar-refractivity contribution in [1.82, 2.24) is 10.2 Å². The van der Waals surface area contributed by atoms with E-state index >= 15 is 0 Å². The van der Waals surface area contributed by atoms with Gasteiger partial charge in [0.15, 0.2) is 0 Å². The van der Waals surface area contributed by atoms with Crippen LogP contribution in [0, 0.1) is 11.8 Å². The molecule has 236 valence electrons. The number of likely N-dealkylation sites (tertiary alicyclic amines) is 1. The lowest BCUT2D eigenvalue weighted by atomic mass is 9.67. The van der Waals surface area contributed by atoms with E-state index in [2.05, 4.69) is 10.2 Å². The van der Waals surface area contributed by atoms with Crippen molar-refractivity contribution >= 4 is 5.91 Å². The summed E-state index contributed by atoms with van der Waals surface area (Å²) in [5, 5.41) is 3.12. The van der Waals surface area contributed by atoms with E-state index in [0.29, 0.717) is 42.9 Å². The molecule has 1 amide bonds. The summed E-state index contributed by atoms with van der Waals surface area (Å²) in [7, 11) is 0. The topological polar surface area (TPSA) is 41.6 Å². The number of nitrogens with one attached hydrogen (secondary N) is 1. The summed E-state index contributed by atoms with van der Waals surface area (Å²) in [5.74, 6) is -0.679. The molecule has 1 saturated carbocycles. The van der Waals surface area contributed by atoms with Crippen LogP contribution in [0.15, 0.2) is 48.5 Å². The van der Waals surface area contributed by atoms with Crippen LogP contribution in [0.2, 0.25) is 0 Å². The van der Waals surface area contributed by atoms with E-state index in [9.17, 15) is 31.1 Å². The smallest absolute Gasteiger partial charge is 0.381 e. The molecular weight excluding hydrogens is 570 g/mol. The van der Waals surface area contributed by atoms with E-state index in [0.717, 1.165) is 70.4 Å². The molecule has 0 aromatic heterocycles. The summed E-state index contributed by atoms with van der Waals surface area (Å²) in [6, 6.07) is 11.5. The summed E-state index contributed by atoms with van der Waals surface area (Å²) >= 11 is 0. The molecule has 5 rings (SSSR count). The highest BCUT2D eigenvalue weighted by Gasteiger charge is 2.42. The van der Waals surface area contributed by atoms with Gasteiger partial charge in [0.1, 0.15) is 0 Å². The number of piperidine rings is 1. The summed E-state index contributed by atoms with van der Waals surface area (Å²) in [6.07, 6.45) is -2.38. The largest absolute Gasteiger partial charge is 0.416 e. The quantitative estimate of drug-likeness (QED) is 0.338. The predicted octanol–water partition coefficient (Wildman–Crippen LogP) is 7.92. The standard InChI is InChI=1S/C33H40F6N2O2/c1-22(25-19-27(32(34,35)36)21-28(20-25)33(37,38)39)30(42)40-31(26-5-3-2-4-6-26)13-7-23(8-14-31)24-9-15-41(16-10-24)29-11-17-43-18-12-29/h2-6,19-24,29H,7-18H2,1H3,(H,40,42). The molecule has 0 radical (unpaired) electrons. The monoisotopic (exact) mass is 610 g/mol. The number of carbonyl (C=O) groups excluding carboxylic acids is 1. The van der Waals surface area contributed by atoms with E-state index in [1.165, 1.54) is 6.92 Å². The van der Waals surface area contributed by atoms with Gasteiger partial charge in [0.2, 0.25) is 5.91 Å². The second kappa shape index (κ2) is 12.8.